The van der Waals surface area contributed by atoms with Crippen LogP contribution in [0.25, 0.3) is 0 Å². The third kappa shape index (κ3) is 4.43. The molecular formula is C15H30N2O3. The smallest absolute Gasteiger partial charge is 0.325 e. The van der Waals surface area contributed by atoms with Gasteiger partial charge in [-0.05, 0) is 46.7 Å². The minimum atomic E-state index is -0.641. The summed E-state index contributed by atoms with van der Waals surface area (Å²) in [4.78, 5) is 14.3. The van der Waals surface area contributed by atoms with E-state index < -0.39 is 5.54 Å². The number of carbonyl (C=O) groups is 1. The van der Waals surface area contributed by atoms with Crippen molar-refractivity contribution in [3.05, 3.63) is 0 Å². The summed E-state index contributed by atoms with van der Waals surface area (Å²) in [6, 6.07) is 0.292. The molecular weight excluding hydrogens is 256 g/mol. The first-order valence-corrected chi connectivity index (χ1v) is 7.59. The maximum atomic E-state index is 11.9. The number of nitrogens with one attached hydrogen (secondary N) is 1. The molecule has 0 aromatic heterocycles. The van der Waals surface area contributed by atoms with Crippen molar-refractivity contribution >= 4 is 5.97 Å². The quantitative estimate of drug-likeness (QED) is 0.684. The first-order chi connectivity index (χ1) is 9.46. The SMILES string of the molecule is CCN(CC1CCCO1)C(C)CC(C)(NC)C(=O)OC. The lowest BCUT2D eigenvalue weighted by atomic mass is 9.93. The summed E-state index contributed by atoms with van der Waals surface area (Å²) in [7, 11) is 3.24. The molecule has 0 aromatic carbocycles. The number of esters is 1. The summed E-state index contributed by atoms with van der Waals surface area (Å²) >= 11 is 0. The van der Waals surface area contributed by atoms with Gasteiger partial charge in [0, 0.05) is 19.2 Å². The molecule has 1 saturated heterocycles. The largest absolute Gasteiger partial charge is 0.468 e. The number of hydrogen-bond acceptors (Lipinski definition) is 5. The number of ether oxygens (including phenoxy) is 2. The summed E-state index contributed by atoms with van der Waals surface area (Å²) in [6.07, 6.45) is 3.36. The fourth-order valence-electron chi connectivity index (χ4n) is 2.90. The number of hydrogen-bond donors (Lipinski definition) is 1. The van der Waals surface area contributed by atoms with Crippen molar-refractivity contribution < 1.29 is 14.3 Å². The Morgan fingerprint density at radius 1 is 1.60 bits per heavy atom. The molecule has 3 unspecified atom stereocenters. The van der Waals surface area contributed by atoms with E-state index in [4.69, 9.17) is 9.47 Å². The van der Waals surface area contributed by atoms with Gasteiger partial charge in [-0.2, -0.15) is 0 Å². The molecule has 1 N–H and O–H groups in total. The third-order valence-electron chi connectivity index (χ3n) is 4.38. The van der Waals surface area contributed by atoms with Crippen LogP contribution in [0.4, 0.5) is 0 Å². The molecule has 1 aliphatic heterocycles. The van der Waals surface area contributed by atoms with Gasteiger partial charge in [-0.1, -0.05) is 6.92 Å². The molecule has 5 nitrogen and oxygen atoms in total. The monoisotopic (exact) mass is 286 g/mol. The summed E-state index contributed by atoms with van der Waals surface area (Å²) < 4.78 is 10.6. The van der Waals surface area contributed by atoms with Crippen LogP contribution in [0.5, 0.6) is 0 Å². The lowest BCUT2D eigenvalue weighted by Gasteiger charge is -2.35. The molecule has 0 aromatic rings. The molecule has 5 heteroatoms. The molecule has 1 rings (SSSR count). The number of methoxy groups -OCH3 is 1. The van der Waals surface area contributed by atoms with E-state index in [1.165, 1.54) is 7.11 Å². The molecule has 0 amide bonds. The highest BCUT2D eigenvalue weighted by atomic mass is 16.5. The van der Waals surface area contributed by atoms with Gasteiger partial charge in [-0.15, -0.1) is 0 Å². The number of likely N-dealkylation sites (N-methyl/N-ethyl adjacent to an activating group) is 2. The summed E-state index contributed by atoms with van der Waals surface area (Å²) in [5.74, 6) is -0.208. The van der Waals surface area contributed by atoms with E-state index in [1.54, 1.807) is 7.05 Å². The Balaban J connectivity index is 2.60. The molecule has 0 aliphatic carbocycles. The highest BCUT2D eigenvalue weighted by Gasteiger charge is 2.36. The van der Waals surface area contributed by atoms with Crippen molar-refractivity contribution in [2.24, 2.45) is 0 Å². The van der Waals surface area contributed by atoms with E-state index in [2.05, 4.69) is 24.1 Å². The zero-order valence-corrected chi connectivity index (χ0v) is 13.6. The van der Waals surface area contributed by atoms with Gasteiger partial charge in [0.15, 0.2) is 0 Å². The molecule has 1 aliphatic rings. The predicted octanol–water partition coefficient (Wildman–Crippen LogP) is 1.42. The summed E-state index contributed by atoms with van der Waals surface area (Å²) in [5.41, 5.74) is -0.641. The fourth-order valence-corrected chi connectivity index (χ4v) is 2.90. The predicted molar refractivity (Wildman–Crippen MR) is 79.8 cm³/mol. The van der Waals surface area contributed by atoms with Crippen molar-refractivity contribution in [2.75, 3.05) is 33.9 Å². The van der Waals surface area contributed by atoms with E-state index in [0.717, 1.165) is 39.0 Å². The van der Waals surface area contributed by atoms with Crippen molar-refractivity contribution in [2.45, 2.75) is 57.7 Å². The second kappa shape index (κ2) is 7.96. The Hall–Kier alpha value is -0.650. The van der Waals surface area contributed by atoms with Gasteiger partial charge >= 0.3 is 5.97 Å². The molecule has 0 radical (unpaired) electrons. The van der Waals surface area contributed by atoms with Gasteiger partial charge in [0.05, 0.1) is 13.2 Å². The van der Waals surface area contributed by atoms with Crippen LogP contribution < -0.4 is 5.32 Å². The van der Waals surface area contributed by atoms with Crippen LogP contribution in [-0.2, 0) is 14.3 Å². The average Bonchev–Trinajstić information content (AvgIpc) is 2.96. The number of carbonyl (C=O) groups excluding carboxylic acids is 1. The Morgan fingerprint density at radius 2 is 2.30 bits per heavy atom. The zero-order chi connectivity index (χ0) is 15.2. The van der Waals surface area contributed by atoms with Gasteiger partial charge < -0.3 is 14.8 Å². The van der Waals surface area contributed by atoms with E-state index in [1.807, 2.05) is 6.92 Å². The van der Waals surface area contributed by atoms with Gasteiger partial charge in [-0.25, -0.2) is 0 Å². The van der Waals surface area contributed by atoms with Gasteiger partial charge in [0.1, 0.15) is 5.54 Å². The normalized spacial score (nSPS) is 23.6. The molecule has 1 fully saturated rings. The Kier molecular flexibility index (Phi) is 6.92. The third-order valence-corrected chi connectivity index (χ3v) is 4.38. The second-order valence-electron chi connectivity index (χ2n) is 5.85. The summed E-state index contributed by atoms with van der Waals surface area (Å²) in [6.45, 7) is 9.00. The van der Waals surface area contributed by atoms with Crippen molar-refractivity contribution in [3.8, 4) is 0 Å². The van der Waals surface area contributed by atoms with Gasteiger partial charge in [0.25, 0.3) is 0 Å². The highest BCUT2D eigenvalue weighted by Crippen LogP contribution is 2.20. The van der Waals surface area contributed by atoms with Crippen molar-refractivity contribution in [1.82, 2.24) is 10.2 Å². The molecule has 3 atom stereocenters. The van der Waals surface area contributed by atoms with Gasteiger partial charge in [0.2, 0.25) is 0 Å². The molecule has 0 bridgehead atoms. The van der Waals surface area contributed by atoms with Crippen LogP contribution in [-0.4, -0.2) is 62.4 Å². The second-order valence-corrected chi connectivity index (χ2v) is 5.85. The van der Waals surface area contributed by atoms with Gasteiger partial charge in [-0.3, -0.25) is 9.69 Å². The lowest BCUT2D eigenvalue weighted by molar-refractivity contribution is -0.148. The zero-order valence-electron chi connectivity index (χ0n) is 13.6. The van der Waals surface area contributed by atoms with Crippen LogP contribution in [0.15, 0.2) is 0 Å². The molecule has 0 saturated carbocycles. The molecule has 1 heterocycles. The molecule has 20 heavy (non-hydrogen) atoms. The highest BCUT2D eigenvalue weighted by molar-refractivity contribution is 5.80. The minimum absolute atomic E-state index is 0.208. The number of nitrogens with zero attached hydrogens (tertiary/aromatic N) is 1. The van der Waals surface area contributed by atoms with Crippen molar-refractivity contribution in [1.29, 1.82) is 0 Å². The fraction of sp³-hybridized carbons (Fsp3) is 0.933. The van der Waals surface area contributed by atoms with Crippen LogP contribution in [0, 0.1) is 0 Å². The standard InChI is InChI=1S/C15H30N2O3/c1-6-17(11-13-8-7-9-20-13)12(2)10-15(3,16-4)14(18)19-5/h12-13,16H,6-11H2,1-5H3. The van der Waals surface area contributed by atoms with Crippen LogP contribution in [0.3, 0.4) is 0 Å². The van der Waals surface area contributed by atoms with Crippen molar-refractivity contribution in [3.63, 3.8) is 0 Å². The average molecular weight is 286 g/mol. The van der Waals surface area contributed by atoms with Crippen LogP contribution >= 0.6 is 0 Å². The lowest BCUT2D eigenvalue weighted by Crippen LogP contribution is -2.53. The topological polar surface area (TPSA) is 50.8 Å². The van der Waals surface area contributed by atoms with E-state index in [9.17, 15) is 4.79 Å². The van der Waals surface area contributed by atoms with E-state index >= 15 is 0 Å². The van der Waals surface area contributed by atoms with E-state index in [-0.39, 0.29) is 5.97 Å². The van der Waals surface area contributed by atoms with E-state index in [0.29, 0.717) is 12.1 Å². The van der Waals surface area contributed by atoms with Crippen LogP contribution in [0.1, 0.15) is 40.0 Å². The maximum Gasteiger partial charge on any atom is 0.325 e. The molecule has 118 valence electrons. The Labute approximate surface area is 123 Å². The first-order valence-electron chi connectivity index (χ1n) is 7.59. The van der Waals surface area contributed by atoms with Crippen LogP contribution in [0.2, 0.25) is 0 Å². The first kappa shape index (κ1) is 17.4. The summed E-state index contributed by atoms with van der Waals surface area (Å²) in [5, 5.41) is 3.10. The minimum Gasteiger partial charge on any atom is -0.468 e. The number of rotatable bonds is 8. The molecule has 0 spiro atoms. The Bertz CT molecular complexity index is 305. The maximum absolute atomic E-state index is 11.9. The Morgan fingerprint density at radius 3 is 2.75 bits per heavy atom.